The van der Waals surface area contributed by atoms with Crippen molar-refractivity contribution < 1.29 is 4.79 Å². The summed E-state index contributed by atoms with van der Waals surface area (Å²) in [7, 11) is 0. The van der Waals surface area contributed by atoms with Crippen LogP contribution in [0.5, 0.6) is 0 Å². The molecule has 0 fully saturated rings. The second-order valence-corrected chi connectivity index (χ2v) is 7.49. The molecule has 0 saturated carbocycles. The van der Waals surface area contributed by atoms with Gasteiger partial charge in [-0.3, -0.25) is 4.79 Å². The first-order valence-electron chi connectivity index (χ1n) is 9.27. The first-order chi connectivity index (χ1) is 12.7. The number of anilines is 1. The van der Waals surface area contributed by atoms with Crippen LogP contribution in [0.15, 0.2) is 72.8 Å². The van der Waals surface area contributed by atoms with E-state index >= 15 is 0 Å². The quantitative estimate of drug-likeness (QED) is 0.680. The Balaban J connectivity index is 1.55. The molecule has 0 radical (unpaired) electrons. The lowest BCUT2D eigenvalue weighted by atomic mass is 9.59. The van der Waals surface area contributed by atoms with E-state index in [1.54, 1.807) is 0 Å². The van der Waals surface area contributed by atoms with Gasteiger partial charge in [-0.2, -0.15) is 0 Å². The number of carbonyl (C=O) groups excluding carboxylic acids is 1. The molecule has 3 aliphatic rings. The number of aryl methyl sites for hydroxylation is 1. The summed E-state index contributed by atoms with van der Waals surface area (Å²) in [5.41, 5.74) is 7.49. The van der Waals surface area contributed by atoms with E-state index in [1.807, 2.05) is 31.2 Å². The summed E-state index contributed by atoms with van der Waals surface area (Å²) in [5, 5.41) is 3.16. The van der Waals surface area contributed by atoms with Crippen molar-refractivity contribution in [3.63, 3.8) is 0 Å². The highest BCUT2D eigenvalue weighted by Gasteiger charge is 2.45. The summed E-state index contributed by atoms with van der Waals surface area (Å²) < 4.78 is 0. The Morgan fingerprint density at radius 2 is 1.46 bits per heavy atom. The van der Waals surface area contributed by atoms with Crippen LogP contribution in [0, 0.1) is 12.8 Å². The molecule has 3 aromatic carbocycles. The van der Waals surface area contributed by atoms with Crippen LogP contribution in [-0.2, 0) is 4.79 Å². The molecule has 0 spiro atoms. The van der Waals surface area contributed by atoms with Crippen molar-refractivity contribution in [2.24, 2.45) is 5.92 Å². The van der Waals surface area contributed by atoms with Crippen molar-refractivity contribution in [2.75, 3.05) is 5.32 Å². The Labute approximate surface area is 153 Å². The Morgan fingerprint density at radius 3 is 2.08 bits per heavy atom. The molecule has 26 heavy (non-hydrogen) atoms. The minimum atomic E-state index is -0.0229. The number of nitrogens with one attached hydrogen (secondary N) is 1. The van der Waals surface area contributed by atoms with Crippen molar-refractivity contribution in [1.82, 2.24) is 0 Å². The zero-order valence-corrected chi connectivity index (χ0v) is 14.8. The van der Waals surface area contributed by atoms with Crippen LogP contribution < -0.4 is 5.32 Å². The third kappa shape index (κ3) is 2.29. The van der Waals surface area contributed by atoms with Crippen LogP contribution >= 0.6 is 0 Å². The lowest BCUT2D eigenvalue weighted by Crippen LogP contribution is -2.38. The van der Waals surface area contributed by atoms with Gasteiger partial charge in [0.15, 0.2) is 0 Å². The van der Waals surface area contributed by atoms with E-state index in [4.69, 9.17) is 0 Å². The van der Waals surface area contributed by atoms with Crippen LogP contribution in [0.4, 0.5) is 5.69 Å². The maximum atomic E-state index is 13.2. The second kappa shape index (κ2) is 5.84. The highest BCUT2D eigenvalue weighted by atomic mass is 16.1. The fourth-order valence-electron chi connectivity index (χ4n) is 4.85. The van der Waals surface area contributed by atoms with E-state index < -0.39 is 0 Å². The molecule has 0 saturated heterocycles. The summed E-state index contributed by atoms with van der Waals surface area (Å²) >= 11 is 0. The molecule has 2 nitrogen and oxygen atoms in total. The summed E-state index contributed by atoms with van der Waals surface area (Å²) in [6.07, 6.45) is 0.885. The number of fused-ring (bicyclic) bond motifs is 1. The Morgan fingerprint density at radius 1 is 0.846 bits per heavy atom. The topological polar surface area (TPSA) is 29.1 Å². The molecule has 2 bridgehead atoms. The maximum absolute atomic E-state index is 13.2. The second-order valence-electron chi connectivity index (χ2n) is 7.49. The van der Waals surface area contributed by atoms with E-state index in [0.29, 0.717) is 5.92 Å². The third-order valence-corrected chi connectivity index (χ3v) is 5.93. The molecular weight excluding hydrogens is 318 g/mol. The molecule has 0 aliphatic heterocycles. The van der Waals surface area contributed by atoms with E-state index in [9.17, 15) is 4.79 Å². The molecule has 1 atom stereocenters. The van der Waals surface area contributed by atoms with Crippen molar-refractivity contribution in [3.8, 4) is 0 Å². The average molecular weight is 339 g/mol. The standard InChI is InChI=1S/C24H21NO/c1-15-7-6-8-16(13-15)25-24(26)22-14-21-17-9-2-4-11-19(17)23(22)20-12-5-3-10-18(20)21/h2-13,21-23H,14H2,1H3,(H,25,26)/t21?,22-,23?/m0/s1. The zero-order valence-electron chi connectivity index (χ0n) is 14.8. The summed E-state index contributed by atoms with van der Waals surface area (Å²) in [5.74, 6) is 0.581. The molecule has 0 unspecified atom stereocenters. The van der Waals surface area contributed by atoms with E-state index in [0.717, 1.165) is 17.7 Å². The van der Waals surface area contributed by atoms with Gasteiger partial charge < -0.3 is 5.32 Å². The third-order valence-electron chi connectivity index (χ3n) is 5.93. The number of hydrogen-bond donors (Lipinski definition) is 1. The molecule has 3 aromatic rings. The van der Waals surface area contributed by atoms with Crippen molar-refractivity contribution >= 4 is 11.6 Å². The lowest BCUT2D eigenvalue weighted by Gasteiger charge is -2.44. The Kier molecular flexibility index (Phi) is 3.46. The van der Waals surface area contributed by atoms with Gasteiger partial charge in [-0.15, -0.1) is 0 Å². The zero-order chi connectivity index (χ0) is 17.7. The SMILES string of the molecule is Cc1cccc(NC(=O)[C@H]2CC3c4ccccc4C2c2ccccc23)c1. The fraction of sp³-hybridized carbons (Fsp3) is 0.208. The van der Waals surface area contributed by atoms with Gasteiger partial charge in [-0.25, -0.2) is 0 Å². The van der Waals surface area contributed by atoms with Gasteiger partial charge in [-0.05, 0) is 53.3 Å². The molecule has 6 rings (SSSR count). The van der Waals surface area contributed by atoms with Crippen molar-refractivity contribution in [3.05, 3.63) is 101 Å². The molecule has 1 amide bonds. The van der Waals surface area contributed by atoms with E-state index in [-0.39, 0.29) is 17.7 Å². The van der Waals surface area contributed by atoms with Crippen molar-refractivity contribution in [1.29, 1.82) is 0 Å². The van der Waals surface area contributed by atoms with Gasteiger partial charge in [0.05, 0.1) is 5.92 Å². The number of carbonyl (C=O) groups is 1. The van der Waals surface area contributed by atoms with Crippen molar-refractivity contribution in [2.45, 2.75) is 25.2 Å². The molecule has 3 aliphatic carbocycles. The predicted octanol–water partition coefficient (Wildman–Crippen LogP) is 5.23. The van der Waals surface area contributed by atoms with Gasteiger partial charge >= 0.3 is 0 Å². The van der Waals surface area contributed by atoms with Crippen LogP contribution in [0.25, 0.3) is 0 Å². The number of amides is 1. The van der Waals surface area contributed by atoms with Gasteiger partial charge in [0.25, 0.3) is 0 Å². The van der Waals surface area contributed by atoms with Gasteiger partial charge in [0.1, 0.15) is 0 Å². The minimum absolute atomic E-state index is 0.0229. The highest BCUT2D eigenvalue weighted by Crippen LogP contribution is 2.55. The smallest absolute Gasteiger partial charge is 0.228 e. The fourth-order valence-corrected chi connectivity index (χ4v) is 4.85. The van der Waals surface area contributed by atoms with Crippen LogP contribution in [-0.4, -0.2) is 5.91 Å². The normalized spacial score (nSPS) is 22.4. The van der Waals surface area contributed by atoms with Crippen LogP contribution in [0.1, 0.15) is 46.1 Å². The number of rotatable bonds is 2. The number of hydrogen-bond acceptors (Lipinski definition) is 1. The lowest BCUT2D eigenvalue weighted by molar-refractivity contribution is -0.121. The molecule has 0 heterocycles. The molecular formula is C24H21NO. The monoisotopic (exact) mass is 339 g/mol. The number of benzene rings is 3. The largest absolute Gasteiger partial charge is 0.326 e. The van der Waals surface area contributed by atoms with Gasteiger partial charge in [0, 0.05) is 17.5 Å². The first-order valence-corrected chi connectivity index (χ1v) is 9.27. The summed E-state index contributed by atoms with van der Waals surface area (Å²) in [6.45, 7) is 2.05. The molecule has 0 aromatic heterocycles. The predicted molar refractivity (Wildman–Crippen MR) is 104 cm³/mol. The van der Waals surface area contributed by atoms with E-state index in [2.05, 4.69) is 53.8 Å². The minimum Gasteiger partial charge on any atom is -0.326 e. The Bertz CT molecular complexity index is 959. The summed E-state index contributed by atoms with van der Waals surface area (Å²) in [6, 6.07) is 25.3. The maximum Gasteiger partial charge on any atom is 0.228 e. The van der Waals surface area contributed by atoms with Crippen LogP contribution in [0.2, 0.25) is 0 Å². The Hall–Kier alpha value is -2.87. The average Bonchev–Trinajstić information content (AvgIpc) is 2.68. The molecule has 128 valence electrons. The summed E-state index contributed by atoms with van der Waals surface area (Å²) in [4.78, 5) is 13.2. The molecule has 2 heteroatoms. The van der Waals surface area contributed by atoms with Gasteiger partial charge in [-0.1, -0.05) is 60.7 Å². The van der Waals surface area contributed by atoms with Crippen LogP contribution in [0.3, 0.4) is 0 Å². The first kappa shape index (κ1) is 15.4. The molecule has 1 N–H and O–H groups in total. The van der Waals surface area contributed by atoms with E-state index in [1.165, 1.54) is 22.3 Å². The highest BCUT2D eigenvalue weighted by molar-refractivity contribution is 5.94. The van der Waals surface area contributed by atoms with Gasteiger partial charge in [0.2, 0.25) is 5.91 Å².